The molecule has 2 heterocycles. The number of aryl methyl sites for hydroxylation is 1. The normalized spacial score (nSPS) is 16.1. The molecule has 2 aromatic heterocycles. The zero-order valence-corrected chi connectivity index (χ0v) is 20.4. The van der Waals surface area contributed by atoms with E-state index < -0.39 is 10.0 Å². The van der Waals surface area contributed by atoms with Gasteiger partial charge in [-0.1, -0.05) is 24.2 Å². The van der Waals surface area contributed by atoms with Crippen molar-refractivity contribution in [2.75, 3.05) is 19.4 Å². The van der Waals surface area contributed by atoms with Gasteiger partial charge in [-0.25, -0.2) is 12.7 Å². The van der Waals surface area contributed by atoms with Crippen molar-refractivity contribution in [2.24, 2.45) is 0 Å². The number of rotatable bonds is 6. The molecule has 0 saturated heterocycles. The maximum Gasteiger partial charge on any atom is 0.278 e. The van der Waals surface area contributed by atoms with E-state index in [2.05, 4.69) is 22.5 Å². The number of carbonyl (C=O) groups is 1. The second kappa shape index (κ2) is 8.75. The Labute approximate surface area is 193 Å². The lowest BCUT2D eigenvalue weighted by Gasteiger charge is -2.15. The van der Waals surface area contributed by atoms with E-state index >= 15 is 0 Å². The van der Waals surface area contributed by atoms with Gasteiger partial charge in [0.15, 0.2) is 5.69 Å². The average Bonchev–Trinajstić information content (AvgIpc) is 3.32. The SMILES string of the molecule is Cc1nn(Cc2cccc(S(=O)(=O)N(C)C)c2)c(C)c1NC(=O)c1noc2c1CCCC2C. The van der Waals surface area contributed by atoms with E-state index in [1.54, 1.807) is 22.9 Å². The number of anilines is 1. The summed E-state index contributed by atoms with van der Waals surface area (Å²) in [5.74, 6) is 0.767. The van der Waals surface area contributed by atoms with Crippen LogP contribution in [0.5, 0.6) is 0 Å². The van der Waals surface area contributed by atoms with Crippen LogP contribution in [0.2, 0.25) is 0 Å². The smallest absolute Gasteiger partial charge is 0.278 e. The zero-order valence-electron chi connectivity index (χ0n) is 19.5. The van der Waals surface area contributed by atoms with Gasteiger partial charge in [-0.2, -0.15) is 5.10 Å². The van der Waals surface area contributed by atoms with E-state index in [1.165, 1.54) is 18.4 Å². The molecule has 1 atom stereocenters. The van der Waals surface area contributed by atoms with Gasteiger partial charge in [-0.3, -0.25) is 9.48 Å². The van der Waals surface area contributed by atoms with Crippen molar-refractivity contribution in [3.05, 3.63) is 58.2 Å². The Kier molecular flexibility index (Phi) is 6.15. The Morgan fingerprint density at radius 3 is 2.79 bits per heavy atom. The molecule has 3 aromatic rings. The van der Waals surface area contributed by atoms with Gasteiger partial charge >= 0.3 is 0 Å². The standard InChI is InChI=1S/C23H29N5O4S/c1-14-8-6-11-19-21(26-32-22(14)19)23(29)24-20-15(2)25-28(16(20)3)13-17-9-7-10-18(12-17)33(30,31)27(4)5/h7,9-10,12,14H,6,8,11,13H2,1-5H3,(H,24,29). The number of aromatic nitrogens is 3. The van der Waals surface area contributed by atoms with Crippen LogP contribution in [0.1, 0.15) is 64.4 Å². The first-order valence-electron chi connectivity index (χ1n) is 10.9. The number of nitrogens with one attached hydrogen (secondary N) is 1. The Bertz CT molecular complexity index is 1310. The minimum atomic E-state index is -3.53. The van der Waals surface area contributed by atoms with Crippen molar-refractivity contribution in [1.82, 2.24) is 19.2 Å². The lowest BCUT2D eigenvalue weighted by atomic mass is 9.88. The third-order valence-electron chi connectivity index (χ3n) is 6.17. The molecule has 1 aromatic carbocycles. The van der Waals surface area contributed by atoms with Crippen LogP contribution in [-0.4, -0.2) is 47.7 Å². The van der Waals surface area contributed by atoms with E-state index in [0.29, 0.717) is 23.6 Å². The van der Waals surface area contributed by atoms with Crippen LogP contribution in [0.3, 0.4) is 0 Å². The predicted molar refractivity (Wildman–Crippen MR) is 124 cm³/mol. The molecule has 1 aliphatic carbocycles. The molecular formula is C23H29N5O4S. The zero-order chi connectivity index (χ0) is 23.9. The van der Waals surface area contributed by atoms with Gasteiger partial charge in [0.05, 0.1) is 28.5 Å². The van der Waals surface area contributed by atoms with Crippen molar-refractivity contribution in [1.29, 1.82) is 0 Å². The molecule has 10 heteroatoms. The van der Waals surface area contributed by atoms with Crippen LogP contribution in [0.15, 0.2) is 33.7 Å². The van der Waals surface area contributed by atoms with E-state index in [-0.39, 0.29) is 16.7 Å². The van der Waals surface area contributed by atoms with Crippen molar-refractivity contribution >= 4 is 21.6 Å². The second-order valence-corrected chi connectivity index (χ2v) is 10.9. The monoisotopic (exact) mass is 471 g/mol. The molecule has 0 aliphatic heterocycles. The molecule has 1 aliphatic rings. The van der Waals surface area contributed by atoms with Crippen LogP contribution >= 0.6 is 0 Å². The molecule has 1 amide bonds. The molecule has 0 radical (unpaired) electrons. The maximum atomic E-state index is 13.0. The first-order chi connectivity index (χ1) is 15.6. The summed E-state index contributed by atoms with van der Waals surface area (Å²) in [6.45, 7) is 6.15. The van der Waals surface area contributed by atoms with Crippen molar-refractivity contribution in [3.8, 4) is 0 Å². The highest BCUT2D eigenvalue weighted by atomic mass is 32.2. The van der Waals surface area contributed by atoms with Crippen LogP contribution in [0, 0.1) is 13.8 Å². The highest BCUT2D eigenvalue weighted by Crippen LogP contribution is 2.33. The first kappa shape index (κ1) is 23.2. The summed E-state index contributed by atoms with van der Waals surface area (Å²) >= 11 is 0. The van der Waals surface area contributed by atoms with Gasteiger partial charge in [0.2, 0.25) is 10.0 Å². The number of amides is 1. The molecule has 1 unspecified atom stereocenters. The largest absolute Gasteiger partial charge is 0.360 e. The maximum absolute atomic E-state index is 13.0. The first-order valence-corrected chi connectivity index (χ1v) is 12.4. The molecule has 0 saturated carbocycles. The van der Waals surface area contributed by atoms with Crippen molar-refractivity contribution in [3.63, 3.8) is 0 Å². The summed E-state index contributed by atoms with van der Waals surface area (Å²) < 4.78 is 33.3. The number of carbonyl (C=O) groups excluding carboxylic acids is 1. The molecular weight excluding hydrogens is 442 g/mol. The van der Waals surface area contributed by atoms with E-state index in [1.807, 2.05) is 19.9 Å². The van der Waals surface area contributed by atoms with Crippen molar-refractivity contribution < 1.29 is 17.7 Å². The fourth-order valence-corrected chi connectivity index (χ4v) is 5.21. The summed E-state index contributed by atoms with van der Waals surface area (Å²) in [5, 5.41) is 11.6. The molecule has 33 heavy (non-hydrogen) atoms. The summed E-state index contributed by atoms with van der Waals surface area (Å²) in [6, 6.07) is 6.79. The van der Waals surface area contributed by atoms with Crippen molar-refractivity contribution in [2.45, 2.75) is 57.4 Å². The minimum Gasteiger partial charge on any atom is -0.360 e. The summed E-state index contributed by atoms with van der Waals surface area (Å²) in [5.41, 5.74) is 4.09. The second-order valence-electron chi connectivity index (χ2n) is 8.76. The van der Waals surface area contributed by atoms with Gasteiger partial charge in [0, 0.05) is 25.6 Å². The topological polar surface area (TPSA) is 110 Å². The van der Waals surface area contributed by atoms with E-state index in [4.69, 9.17) is 4.52 Å². The number of hydrogen-bond acceptors (Lipinski definition) is 6. The number of benzene rings is 1. The minimum absolute atomic E-state index is 0.227. The summed E-state index contributed by atoms with van der Waals surface area (Å²) in [6.07, 6.45) is 2.83. The molecule has 9 nitrogen and oxygen atoms in total. The van der Waals surface area contributed by atoms with Gasteiger partial charge in [-0.05, 0) is 50.8 Å². The number of hydrogen-bond donors (Lipinski definition) is 1. The van der Waals surface area contributed by atoms with Gasteiger partial charge in [0.1, 0.15) is 5.76 Å². The Morgan fingerprint density at radius 2 is 2.06 bits per heavy atom. The lowest BCUT2D eigenvalue weighted by molar-refractivity contribution is 0.101. The fourth-order valence-electron chi connectivity index (χ4n) is 4.24. The van der Waals surface area contributed by atoms with Crippen LogP contribution in [0.25, 0.3) is 0 Å². The average molecular weight is 472 g/mol. The van der Waals surface area contributed by atoms with Gasteiger partial charge in [-0.15, -0.1) is 0 Å². The molecule has 4 rings (SSSR count). The Balaban J connectivity index is 1.57. The lowest BCUT2D eigenvalue weighted by Crippen LogP contribution is -2.22. The van der Waals surface area contributed by atoms with Crippen LogP contribution in [0.4, 0.5) is 5.69 Å². The molecule has 0 fully saturated rings. The highest BCUT2D eigenvalue weighted by molar-refractivity contribution is 7.89. The highest BCUT2D eigenvalue weighted by Gasteiger charge is 2.29. The Hall–Kier alpha value is -2.98. The molecule has 0 spiro atoms. The Morgan fingerprint density at radius 1 is 1.30 bits per heavy atom. The van der Waals surface area contributed by atoms with Crippen LogP contribution in [-0.2, 0) is 23.0 Å². The molecule has 176 valence electrons. The third-order valence-corrected chi connectivity index (χ3v) is 7.99. The van der Waals surface area contributed by atoms with Gasteiger partial charge < -0.3 is 9.84 Å². The van der Waals surface area contributed by atoms with E-state index in [0.717, 1.165) is 41.8 Å². The van der Waals surface area contributed by atoms with E-state index in [9.17, 15) is 13.2 Å². The fraction of sp³-hybridized carbons (Fsp3) is 0.435. The van der Waals surface area contributed by atoms with Gasteiger partial charge in [0.25, 0.3) is 5.91 Å². The summed E-state index contributed by atoms with van der Waals surface area (Å²) in [4.78, 5) is 13.2. The number of nitrogens with zero attached hydrogens (tertiary/aromatic N) is 4. The number of fused-ring (bicyclic) bond motifs is 1. The summed E-state index contributed by atoms with van der Waals surface area (Å²) in [7, 11) is -0.517. The molecule has 1 N–H and O–H groups in total. The third kappa shape index (κ3) is 4.32. The number of sulfonamides is 1. The van der Waals surface area contributed by atoms with Crippen LogP contribution < -0.4 is 5.32 Å². The quantitative estimate of drug-likeness (QED) is 0.589. The predicted octanol–water partition coefficient (Wildman–Crippen LogP) is 3.48. The molecule has 0 bridgehead atoms.